The van der Waals surface area contributed by atoms with Gasteiger partial charge in [-0.3, -0.25) is 19.7 Å². The van der Waals surface area contributed by atoms with Gasteiger partial charge in [-0.2, -0.15) is 5.10 Å². The van der Waals surface area contributed by atoms with Gasteiger partial charge >= 0.3 is 0 Å². The molecule has 4 aromatic heterocycles. The van der Waals surface area contributed by atoms with Crippen molar-refractivity contribution in [3.8, 4) is 22.6 Å². The number of fused-ring (bicyclic) bond motifs is 1. The Hall–Kier alpha value is -4.60. The molecule has 1 aliphatic carbocycles. The zero-order valence-electron chi connectivity index (χ0n) is 21.7. The van der Waals surface area contributed by atoms with Crippen LogP contribution in [0.25, 0.3) is 39.3 Å². The quantitative estimate of drug-likeness (QED) is 0.224. The Bertz CT molecular complexity index is 1560. The van der Waals surface area contributed by atoms with Crippen molar-refractivity contribution in [2.45, 2.75) is 33.6 Å². The first-order valence-corrected chi connectivity index (χ1v) is 12.7. The van der Waals surface area contributed by atoms with Crippen LogP contribution in [0.5, 0.6) is 0 Å². The summed E-state index contributed by atoms with van der Waals surface area (Å²) in [6, 6.07) is 3.85. The van der Waals surface area contributed by atoms with Crippen molar-refractivity contribution in [1.82, 2.24) is 35.0 Å². The number of anilines is 1. The summed E-state index contributed by atoms with van der Waals surface area (Å²) in [6.45, 7) is 10.8. The number of aromatic nitrogens is 6. The molecule has 0 aromatic carbocycles. The van der Waals surface area contributed by atoms with Crippen molar-refractivity contribution in [2.75, 3.05) is 18.4 Å². The van der Waals surface area contributed by atoms with E-state index in [-0.39, 0.29) is 17.7 Å². The van der Waals surface area contributed by atoms with Crippen LogP contribution in [0.4, 0.5) is 5.69 Å². The average Bonchev–Trinajstić information content (AvgIpc) is 3.59. The first-order chi connectivity index (χ1) is 18.4. The summed E-state index contributed by atoms with van der Waals surface area (Å²) in [7, 11) is 0. The van der Waals surface area contributed by atoms with Crippen LogP contribution >= 0.6 is 0 Å². The van der Waals surface area contributed by atoms with Gasteiger partial charge in [-0.1, -0.05) is 12.7 Å². The van der Waals surface area contributed by atoms with Crippen LogP contribution in [-0.4, -0.2) is 59.9 Å². The van der Waals surface area contributed by atoms with E-state index in [1.54, 1.807) is 35.6 Å². The molecule has 1 aliphatic rings. The van der Waals surface area contributed by atoms with Crippen LogP contribution in [0.2, 0.25) is 0 Å². The molecule has 38 heavy (non-hydrogen) atoms. The number of aromatic amines is 2. The number of carbonyl (C=O) groups excluding carboxylic acids is 2. The normalized spacial score (nSPS) is 13.5. The number of rotatable bonds is 9. The van der Waals surface area contributed by atoms with Gasteiger partial charge in [0.05, 0.1) is 28.5 Å². The van der Waals surface area contributed by atoms with E-state index in [4.69, 9.17) is 4.98 Å². The van der Waals surface area contributed by atoms with E-state index >= 15 is 0 Å². The second-order valence-corrected chi connectivity index (χ2v) is 9.27. The monoisotopic (exact) mass is 510 g/mol. The largest absolute Gasteiger partial charge is 0.340 e. The predicted molar refractivity (Wildman–Crippen MR) is 147 cm³/mol. The summed E-state index contributed by atoms with van der Waals surface area (Å²) < 4.78 is 0. The van der Waals surface area contributed by atoms with Gasteiger partial charge in [-0.05, 0) is 51.8 Å². The molecular weight excluding hydrogens is 480 g/mol. The molecule has 1 fully saturated rings. The number of hydrogen-bond donors (Lipinski definition) is 3. The van der Waals surface area contributed by atoms with E-state index in [0.29, 0.717) is 47.2 Å². The number of hydrogen-bond acceptors (Lipinski definition) is 6. The highest BCUT2D eigenvalue weighted by Gasteiger charge is 2.29. The molecule has 10 heteroatoms. The molecule has 4 heterocycles. The Morgan fingerprint density at radius 1 is 1.16 bits per heavy atom. The molecule has 5 rings (SSSR count). The minimum atomic E-state index is -0.101. The molecule has 0 unspecified atom stereocenters. The fraction of sp³-hybridized carbons (Fsp3) is 0.286. The standard InChI is InChI=1S/C28H30N8O2/c1-5-8-21(28(38)36(6-2)7-3)23-16(4)31-26(33-23)24-22-12-19(14-30-25(22)35-34-24)18-11-20(15-29-13-18)32-27(37)17-9-10-17/h5,8,11-15,17H,1,6-7,9-10H2,2-4H3,(H,31,33)(H,32,37)(H,30,34,35)/b21-8+. The predicted octanol–water partition coefficient (Wildman–Crippen LogP) is 4.50. The summed E-state index contributed by atoms with van der Waals surface area (Å²) in [5, 5.41) is 11.1. The molecule has 0 radical (unpaired) electrons. The Balaban J connectivity index is 1.50. The lowest BCUT2D eigenvalue weighted by Gasteiger charge is -2.19. The number of aryl methyl sites for hydroxylation is 1. The van der Waals surface area contributed by atoms with Crippen molar-refractivity contribution >= 4 is 34.1 Å². The third kappa shape index (κ3) is 4.84. The maximum absolute atomic E-state index is 13.2. The molecule has 3 N–H and O–H groups in total. The maximum atomic E-state index is 13.2. The van der Waals surface area contributed by atoms with Gasteiger partial charge in [0.1, 0.15) is 5.69 Å². The van der Waals surface area contributed by atoms with E-state index in [9.17, 15) is 9.59 Å². The number of carbonyl (C=O) groups is 2. The first-order valence-electron chi connectivity index (χ1n) is 12.7. The molecule has 0 saturated heterocycles. The van der Waals surface area contributed by atoms with E-state index in [2.05, 4.69) is 37.0 Å². The van der Waals surface area contributed by atoms with Gasteiger partial charge in [0, 0.05) is 48.2 Å². The fourth-order valence-corrected chi connectivity index (χ4v) is 4.39. The second kappa shape index (κ2) is 10.4. The van der Waals surface area contributed by atoms with Crippen molar-refractivity contribution in [2.24, 2.45) is 5.92 Å². The van der Waals surface area contributed by atoms with Crippen LogP contribution in [0, 0.1) is 12.8 Å². The Labute approximate surface area is 220 Å². The summed E-state index contributed by atoms with van der Waals surface area (Å²) in [4.78, 5) is 44.0. The molecule has 4 aromatic rings. The molecule has 0 spiro atoms. The number of allylic oxidation sites excluding steroid dienone is 2. The Morgan fingerprint density at radius 3 is 2.63 bits per heavy atom. The van der Waals surface area contributed by atoms with Gasteiger partial charge in [0.2, 0.25) is 5.91 Å². The summed E-state index contributed by atoms with van der Waals surface area (Å²) in [6.07, 6.45) is 10.3. The lowest BCUT2D eigenvalue weighted by atomic mass is 10.1. The second-order valence-electron chi connectivity index (χ2n) is 9.27. The van der Waals surface area contributed by atoms with Gasteiger partial charge in [-0.15, -0.1) is 0 Å². The summed E-state index contributed by atoms with van der Waals surface area (Å²) >= 11 is 0. The highest BCUT2D eigenvalue weighted by atomic mass is 16.2. The van der Waals surface area contributed by atoms with Crippen LogP contribution in [0.15, 0.2) is 49.5 Å². The summed E-state index contributed by atoms with van der Waals surface area (Å²) in [5.74, 6) is 0.583. The summed E-state index contributed by atoms with van der Waals surface area (Å²) in [5.41, 5.74) is 5.27. The highest BCUT2D eigenvalue weighted by Crippen LogP contribution is 2.32. The number of amides is 2. The lowest BCUT2D eigenvalue weighted by Crippen LogP contribution is -2.31. The Kier molecular flexibility index (Phi) is 6.87. The molecule has 10 nitrogen and oxygen atoms in total. The highest BCUT2D eigenvalue weighted by molar-refractivity contribution is 6.19. The zero-order chi connectivity index (χ0) is 26.8. The molecule has 194 valence electrons. The number of nitrogens with zero attached hydrogens (tertiary/aromatic N) is 5. The molecule has 0 aliphatic heterocycles. The van der Waals surface area contributed by atoms with Crippen LogP contribution in [0.3, 0.4) is 0 Å². The van der Waals surface area contributed by atoms with Crippen molar-refractivity contribution in [3.05, 3.63) is 60.8 Å². The number of H-pyrrole nitrogens is 2. The van der Waals surface area contributed by atoms with E-state index < -0.39 is 0 Å². The van der Waals surface area contributed by atoms with E-state index in [0.717, 1.165) is 35.0 Å². The Morgan fingerprint density at radius 2 is 1.92 bits per heavy atom. The van der Waals surface area contributed by atoms with Crippen molar-refractivity contribution in [3.63, 3.8) is 0 Å². The van der Waals surface area contributed by atoms with Gasteiger partial charge in [0.25, 0.3) is 5.91 Å². The lowest BCUT2D eigenvalue weighted by molar-refractivity contribution is -0.124. The first kappa shape index (κ1) is 25.1. The van der Waals surface area contributed by atoms with Crippen LogP contribution in [0.1, 0.15) is 38.1 Å². The smallest absolute Gasteiger partial charge is 0.256 e. The van der Waals surface area contributed by atoms with Crippen LogP contribution in [-0.2, 0) is 9.59 Å². The average molecular weight is 511 g/mol. The SMILES string of the molecule is C=C/C=C(/C(=O)N(CC)CC)c1nc(-c2[nH]nc3ncc(-c4cncc(NC(=O)C5CC5)c4)cc23)[nH]c1C. The minimum Gasteiger partial charge on any atom is -0.340 e. The number of nitrogens with one attached hydrogen (secondary N) is 3. The van der Waals surface area contributed by atoms with Gasteiger partial charge in [-0.25, -0.2) is 9.97 Å². The maximum Gasteiger partial charge on any atom is 0.256 e. The minimum absolute atomic E-state index is 0.0305. The van der Waals surface area contributed by atoms with E-state index in [1.165, 1.54) is 0 Å². The molecule has 0 bridgehead atoms. The van der Waals surface area contributed by atoms with Crippen molar-refractivity contribution < 1.29 is 9.59 Å². The zero-order valence-corrected chi connectivity index (χ0v) is 21.7. The van der Waals surface area contributed by atoms with Gasteiger partial charge < -0.3 is 15.2 Å². The van der Waals surface area contributed by atoms with Gasteiger partial charge in [0.15, 0.2) is 11.5 Å². The molecule has 2 amide bonds. The fourth-order valence-electron chi connectivity index (χ4n) is 4.39. The number of likely N-dealkylation sites (N-methyl/N-ethyl adjacent to an activating group) is 1. The molecular formula is C28H30N8O2. The van der Waals surface area contributed by atoms with E-state index in [1.807, 2.05) is 32.9 Å². The third-order valence-corrected chi connectivity index (χ3v) is 6.64. The molecule has 1 saturated carbocycles. The van der Waals surface area contributed by atoms with Crippen molar-refractivity contribution in [1.29, 1.82) is 0 Å². The van der Waals surface area contributed by atoms with Crippen LogP contribution < -0.4 is 5.32 Å². The number of pyridine rings is 2. The number of imidazole rings is 1. The topological polar surface area (TPSA) is 133 Å². The third-order valence-electron chi connectivity index (χ3n) is 6.64. The molecule has 0 atom stereocenters.